The minimum absolute atomic E-state index is 0.0150. The Bertz CT molecular complexity index is 2510. The predicted molar refractivity (Wildman–Crippen MR) is 210 cm³/mol. The number of nitrogens with zero attached hydrogens (tertiary/aromatic N) is 7. The molecule has 3 N–H and O–H groups in total. The van der Waals surface area contributed by atoms with E-state index in [0.29, 0.717) is 16.8 Å². The Kier molecular flexibility index (Phi) is 10.7. The second-order valence-corrected chi connectivity index (χ2v) is 16.7. The van der Waals surface area contributed by atoms with E-state index in [0.717, 1.165) is 63.7 Å². The smallest absolute Gasteiger partial charge is 0.350 e. The fourth-order valence-electron chi connectivity index (χ4n) is 8.47. The predicted octanol–water partition coefficient (Wildman–Crippen LogP) is 7.44. The molecular weight excluding hydrogens is 804 g/mol. The number of nitrogens with one attached hydrogen (secondary N) is 3. The summed E-state index contributed by atoms with van der Waals surface area (Å²) in [5.41, 5.74) is 1.15. The number of anilines is 1. The van der Waals surface area contributed by atoms with Crippen LogP contribution in [0.1, 0.15) is 104 Å². The first kappa shape index (κ1) is 41.6. The number of aryl methyl sites for hydroxylation is 1. The van der Waals surface area contributed by atoms with Gasteiger partial charge in [0.25, 0.3) is 5.91 Å². The number of urea groups is 1. The molecule has 2 aliphatic heterocycles. The van der Waals surface area contributed by atoms with Gasteiger partial charge >= 0.3 is 12.2 Å². The molecule has 320 valence electrons. The summed E-state index contributed by atoms with van der Waals surface area (Å²) in [7, 11) is 0. The Labute approximate surface area is 346 Å². The molecule has 4 amide bonds. The maximum Gasteiger partial charge on any atom is 0.401 e. The van der Waals surface area contributed by atoms with Gasteiger partial charge in [-0.15, -0.1) is 0 Å². The number of hydrogen-bond acceptors (Lipinski definition) is 10. The Morgan fingerprint density at radius 3 is 2.48 bits per heavy atom. The van der Waals surface area contributed by atoms with Crippen molar-refractivity contribution in [3.05, 3.63) is 94.5 Å². The summed E-state index contributed by atoms with van der Waals surface area (Å²) in [5.74, 6) is -2.30. The number of rotatable bonds is 12. The van der Waals surface area contributed by atoms with E-state index in [4.69, 9.17) is 4.52 Å². The van der Waals surface area contributed by atoms with Crippen molar-refractivity contribution < 1.29 is 40.9 Å². The highest BCUT2D eigenvalue weighted by molar-refractivity contribution is 6.05. The molecule has 3 aromatic heterocycles. The van der Waals surface area contributed by atoms with Crippen LogP contribution in [0.2, 0.25) is 0 Å². The van der Waals surface area contributed by atoms with Crippen LogP contribution >= 0.6 is 0 Å². The van der Waals surface area contributed by atoms with Crippen molar-refractivity contribution in [1.82, 2.24) is 45.8 Å². The van der Waals surface area contributed by atoms with Gasteiger partial charge in [-0.05, 0) is 80.7 Å². The number of halogens is 5. The monoisotopic (exact) mass is 846 g/mol. The van der Waals surface area contributed by atoms with Crippen molar-refractivity contribution in [2.24, 2.45) is 5.41 Å². The lowest BCUT2D eigenvalue weighted by molar-refractivity contribution is -0.182. The van der Waals surface area contributed by atoms with E-state index < -0.39 is 41.0 Å². The zero-order chi connectivity index (χ0) is 43.4. The first-order valence-corrected chi connectivity index (χ1v) is 20.0. The summed E-state index contributed by atoms with van der Waals surface area (Å²) < 4.78 is 76.4. The fourth-order valence-corrected chi connectivity index (χ4v) is 8.47. The molecule has 3 fully saturated rings. The number of imide groups is 1. The average molecular weight is 847 g/mol. The van der Waals surface area contributed by atoms with E-state index in [1.54, 1.807) is 25.1 Å². The summed E-state index contributed by atoms with van der Waals surface area (Å²) in [6, 6.07) is 10.9. The zero-order valence-electron chi connectivity index (χ0n) is 33.8. The van der Waals surface area contributed by atoms with Crippen LogP contribution in [0.25, 0.3) is 22.6 Å². The molecule has 19 heteroatoms. The van der Waals surface area contributed by atoms with Crippen LogP contribution in [-0.2, 0) is 16.8 Å². The molecule has 1 atom stereocenters. The van der Waals surface area contributed by atoms with Gasteiger partial charge in [0.15, 0.2) is 17.3 Å². The first-order chi connectivity index (χ1) is 28.9. The van der Waals surface area contributed by atoms with Gasteiger partial charge < -0.3 is 9.84 Å². The Morgan fingerprint density at radius 1 is 1.03 bits per heavy atom. The van der Waals surface area contributed by atoms with Crippen LogP contribution in [0.3, 0.4) is 0 Å². The molecule has 61 heavy (non-hydrogen) atoms. The number of hydrogen-bond donors (Lipinski definition) is 3. The topological polar surface area (TPSA) is 175 Å². The van der Waals surface area contributed by atoms with E-state index >= 15 is 8.78 Å². The van der Waals surface area contributed by atoms with Crippen LogP contribution in [0, 0.1) is 24.0 Å². The molecule has 2 aromatic carbocycles. The second-order valence-electron chi connectivity index (χ2n) is 16.7. The van der Waals surface area contributed by atoms with Crippen molar-refractivity contribution in [2.45, 2.75) is 89.9 Å². The summed E-state index contributed by atoms with van der Waals surface area (Å²) in [6.45, 7) is 7.31. The quantitative estimate of drug-likeness (QED) is 0.107. The van der Waals surface area contributed by atoms with Crippen LogP contribution in [0.5, 0.6) is 0 Å². The minimum Gasteiger partial charge on any atom is -0.350 e. The van der Waals surface area contributed by atoms with Gasteiger partial charge in [-0.25, -0.2) is 28.5 Å². The van der Waals surface area contributed by atoms with Crippen LogP contribution in [0.15, 0.2) is 53.2 Å². The molecule has 5 aromatic rings. The maximum absolute atomic E-state index is 15.9. The number of likely N-dealkylation sites (tertiary alicyclic amines) is 1. The number of carbonyl (C=O) groups excluding carboxylic acids is 3. The van der Waals surface area contributed by atoms with Gasteiger partial charge in [-0.1, -0.05) is 36.7 Å². The zero-order valence-corrected chi connectivity index (χ0v) is 33.8. The number of carbonyl (C=O) groups is 3. The molecule has 8 rings (SSSR count). The lowest BCUT2D eigenvalue weighted by atomic mass is 9.55. The van der Waals surface area contributed by atoms with Crippen LogP contribution in [-0.4, -0.2) is 78.9 Å². The number of alkyl halides is 3. The third-order valence-electron chi connectivity index (χ3n) is 12.1. The normalized spacial score (nSPS) is 17.6. The standard InChI is InChI=1S/C42H43F5N10O4/c1-5-6-31(56-20-41(21-56)16-25(17-41)23-8-10-32(29(44)13-23)57-12-11-35(58)52-39(57)60)24-7-9-26(28(43)14-24)27-18-48-36(50-22(27)2)30-15-33(61-55-30)37(59)49-19-34-51-38(54-53-34)40(3,4)42(45,46)47/h7-10,13-15,18,25,31H,5-6,11-12,16-17,19-21H2,1-4H3,(H,49,59)(H,51,53,54)(H,52,58,60). The van der Waals surface area contributed by atoms with Crippen molar-refractivity contribution >= 4 is 23.5 Å². The molecule has 14 nitrogen and oxygen atoms in total. The molecule has 0 bridgehead atoms. The number of amides is 4. The Morgan fingerprint density at radius 2 is 1.80 bits per heavy atom. The van der Waals surface area contributed by atoms with E-state index in [1.807, 2.05) is 12.1 Å². The SMILES string of the molecule is CCCC(c1ccc(-c2cnc(-c3cc(C(=O)NCc4nc(C(C)(C)C(F)(F)F)n[nH]4)on3)nc2C)c(F)c1)N1CC2(CC(c3ccc(N4CCC(=O)NC4=O)c(F)c3)C2)C1. The highest BCUT2D eigenvalue weighted by Gasteiger charge is 2.54. The van der Waals surface area contributed by atoms with Crippen LogP contribution in [0.4, 0.5) is 32.4 Å². The highest BCUT2D eigenvalue weighted by atomic mass is 19.4. The largest absolute Gasteiger partial charge is 0.401 e. The second kappa shape index (κ2) is 15.7. The molecule has 5 heterocycles. The van der Waals surface area contributed by atoms with Gasteiger partial charge in [0.2, 0.25) is 11.7 Å². The third kappa shape index (κ3) is 7.97. The maximum atomic E-state index is 15.9. The summed E-state index contributed by atoms with van der Waals surface area (Å²) in [5, 5.41) is 14.7. The van der Waals surface area contributed by atoms with Crippen molar-refractivity contribution in [3.63, 3.8) is 0 Å². The first-order valence-electron chi connectivity index (χ1n) is 20.0. The number of benzene rings is 2. The third-order valence-corrected chi connectivity index (χ3v) is 12.1. The van der Waals surface area contributed by atoms with Gasteiger partial charge in [0.05, 0.1) is 12.2 Å². The van der Waals surface area contributed by atoms with Crippen molar-refractivity contribution in [2.75, 3.05) is 24.5 Å². The molecular formula is C42H43F5N10O4. The lowest BCUT2D eigenvalue weighted by Gasteiger charge is -2.61. The van der Waals surface area contributed by atoms with Gasteiger partial charge in [-0.2, -0.15) is 18.3 Å². The molecule has 1 unspecified atom stereocenters. The molecule has 1 saturated carbocycles. The van der Waals surface area contributed by atoms with Gasteiger partial charge in [-0.3, -0.25) is 29.8 Å². The van der Waals surface area contributed by atoms with Crippen molar-refractivity contribution in [3.8, 4) is 22.6 Å². The van der Waals surface area contributed by atoms with Crippen molar-refractivity contribution in [1.29, 1.82) is 0 Å². The lowest BCUT2D eigenvalue weighted by Crippen LogP contribution is -2.62. The molecule has 3 aliphatic rings. The summed E-state index contributed by atoms with van der Waals surface area (Å²) in [4.78, 5) is 52.9. The van der Waals surface area contributed by atoms with E-state index in [2.05, 4.69) is 52.8 Å². The van der Waals surface area contributed by atoms with E-state index in [-0.39, 0.29) is 71.6 Å². The number of H-pyrrole nitrogens is 1. The fraction of sp³-hybridized carbons (Fsp3) is 0.429. The molecule has 1 aliphatic carbocycles. The minimum atomic E-state index is -4.57. The average Bonchev–Trinajstić information content (AvgIpc) is 3.87. The van der Waals surface area contributed by atoms with Gasteiger partial charge in [0, 0.05) is 61.2 Å². The summed E-state index contributed by atoms with van der Waals surface area (Å²) >= 11 is 0. The number of aromatic nitrogens is 6. The van der Waals surface area contributed by atoms with Gasteiger partial charge in [0.1, 0.15) is 22.9 Å². The Hall–Kier alpha value is -6.11. The van der Waals surface area contributed by atoms with E-state index in [9.17, 15) is 27.6 Å². The molecule has 0 radical (unpaired) electrons. The van der Waals surface area contributed by atoms with Crippen LogP contribution < -0.4 is 15.5 Å². The highest BCUT2D eigenvalue weighted by Crippen LogP contribution is 2.58. The molecule has 2 saturated heterocycles. The Balaban J connectivity index is 0.873. The molecule has 1 spiro atoms. The summed E-state index contributed by atoms with van der Waals surface area (Å²) in [6.07, 6.45) is 0.590. The number of aromatic amines is 1. The van der Waals surface area contributed by atoms with E-state index in [1.165, 1.54) is 23.2 Å².